The number of ether oxygens (including phenoxy) is 1. The molecule has 1 aliphatic heterocycles. The maximum absolute atomic E-state index is 13.2. The highest BCUT2D eigenvalue weighted by Crippen LogP contribution is 2.18. The van der Waals surface area contributed by atoms with E-state index >= 15 is 0 Å². The van der Waals surface area contributed by atoms with Crippen LogP contribution in [0.25, 0.3) is 0 Å². The van der Waals surface area contributed by atoms with E-state index in [-0.39, 0.29) is 11.9 Å². The monoisotopic (exact) mass is 392 g/mol. The smallest absolute Gasteiger partial charge is 0.410 e. The average molecular weight is 393 g/mol. The lowest BCUT2D eigenvalue weighted by Gasteiger charge is -2.34. The molecule has 0 aliphatic carbocycles. The number of halogens is 1. The van der Waals surface area contributed by atoms with Crippen LogP contribution in [0.4, 0.5) is 9.18 Å². The molecule has 0 aromatic heterocycles. The van der Waals surface area contributed by atoms with Gasteiger partial charge in [0.1, 0.15) is 11.4 Å². The zero-order valence-corrected chi connectivity index (χ0v) is 17.4. The number of rotatable bonds is 5. The fourth-order valence-corrected chi connectivity index (χ4v) is 3.20. The zero-order valence-electron chi connectivity index (χ0n) is 17.4. The van der Waals surface area contributed by atoms with Gasteiger partial charge in [0.25, 0.3) is 0 Å². The van der Waals surface area contributed by atoms with Gasteiger partial charge in [0.2, 0.25) is 0 Å². The van der Waals surface area contributed by atoms with Crippen LogP contribution in [0.1, 0.15) is 39.2 Å². The summed E-state index contributed by atoms with van der Waals surface area (Å²) in [4.78, 5) is 18.3. The molecule has 28 heavy (non-hydrogen) atoms. The number of hydrogen-bond donors (Lipinski definition) is 2. The van der Waals surface area contributed by atoms with Gasteiger partial charge in [-0.05, 0) is 63.6 Å². The number of amides is 1. The molecular weight excluding hydrogens is 359 g/mol. The molecule has 6 nitrogen and oxygen atoms in total. The molecule has 2 N–H and O–H groups in total. The molecule has 2 rings (SSSR count). The molecular formula is C21H33FN4O2. The van der Waals surface area contributed by atoms with E-state index in [4.69, 9.17) is 4.74 Å². The van der Waals surface area contributed by atoms with Gasteiger partial charge in [-0.25, -0.2) is 9.18 Å². The molecule has 1 aromatic rings. The molecule has 1 atom stereocenters. The highest BCUT2D eigenvalue weighted by molar-refractivity contribution is 5.79. The highest BCUT2D eigenvalue weighted by atomic mass is 19.1. The van der Waals surface area contributed by atoms with Gasteiger partial charge in [-0.3, -0.25) is 4.99 Å². The Labute approximate surface area is 167 Å². The summed E-state index contributed by atoms with van der Waals surface area (Å²) in [6.07, 6.45) is 2.51. The molecule has 1 fully saturated rings. The number of guanidine groups is 1. The van der Waals surface area contributed by atoms with E-state index < -0.39 is 5.60 Å². The molecule has 0 bridgehead atoms. The van der Waals surface area contributed by atoms with E-state index in [1.54, 1.807) is 24.1 Å². The van der Waals surface area contributed by atoms with E-state index in [0.29, 0.717) is 31.4 Å². The Morgan fingerprint density at radius 2 is 2.14 bits per heavy atom. The molecule has 0 spiro atoms. The van der Waals surface area contributed by atoms with Gasteiger partial charge in [-0.2, -0.15) is 0 Å². The van der Waals surface area contributed by atoms with Gasteiger partial charge in [0, 0.05) is 33.2 Å². The van der Waals surface area contributed by atoms with Crippen LogP contribution in [0, 0.1) is 11.7 Å². The van der Waals surface area contributed by atoms with Crippen molar-refractivity contribution in [2.45, 2.75) is 45.6 Å². The van der Waals surface area contributed by atoms with Crippen LogP contribution in [-0.2, 0) is 11.2 Å². The Morgan fingerprint density at radius 3 is 2.82 bits per heavy atom. The van der Waals surface area contributed by atoms with Crippen LogP contribution in [-0.4, -0.2) is 55.8 Å². The maximum atomic E-state index is 13.2. The third-order valence-electron chi connectivity index (χ3n) is 4.55. The van der Waals surface area contributed by atoms with Crippen molar-refractivity contribution in [3.63, 3.8) is 0 Å². The summed E-state index contributed by atoms with van der Waals surface area (Å²) in [5, 5.41) is 6.58. The van der Waals surface area contributed by atoms with Crippen molar-refractivity contribution in [1.29, 1.82) is 0 Å². The SMILES string of the molecule is CN=C(NCCc1cccc(F)c1)NCC1CCCN(C(=O)OC(C)(C)C)C1. The second-order valence-corrected chi connectivity index (χ2v) is 8.19. The molecule has 0 saturated carbocycles. The summed E-state index contributed by atoms with van der Waals surface area (Å²) < 4.78 is 18.7. The quantitative estimate of drug-likeness (QED) is 0.597. The summed E-state index contributed by atoms with van der Waals surface area (Å²) in [5.74, 6) is 0.848. The van der Waals surface area contributed by atoms with Crippen LogP contribution >= 0.6 is 0 Å². The van der Waals surface area contributed by atoms with Crippen molar-refractivity contribution in [3.8, 4) is 0 Å². The number of carbonyl (C=O) groups is 1. The normalized spacial score (nSPS) is 18.0. The lowest BCUT2D eigenvalue weighted by Crippen LogP contribution is -2.47. The third kappa shape index (κ3) is 7.74. The fourth-order valence-electron chi connectivity index (χ4n) is 3.20. The second kappa shape index (κ2) is 10.3. The second-order valence-electron chi connectivity index (χ2n) is 8.19. The topological polar surface area (TPSA) is 66.0 Å². The minimum absolute atomic E-state index is 0.216. The van der Waals surface area contributed by atoms with Crippen molar-refractivity contribution >= 4 is 12.1 Å². The zero-order chi connectivity index (χ0) is 20.6. The number of piperidine rings is 1. The summed E-state index contributed by atoms with van der Waals surface area (Å²) in [7, 11) is 1.73. The lowest BCUT2D eigenvalue weighted by molar-refractivity contribution is 0.0168. The molecule has 1 heterocycles. The minimum Gasteiger partial charge on any atom is -0.444 e. The third-order valence-corrected chi connectivity index (χ3v) is 4.55. The predicted octanol–water partition coefficient (Wildman–Crippen LogP) is 3.18. The number of hydrogen-bond acceptors (Lipinski definition) is 3. The lowest BCUT2D eigenvalue weighted by atomic mass is 9.98. The Balaban J connectivity index is 1.74. The van der Waals surface area contributed by atoms with Crippen molar-refractivity contribution in [2.24, 2.45) is 10.9 Å². The van der Waals surface area contributed by atoms with Gasteiger partial charge in [-0.1, -0.05) is 12.1 Å². The Hall–Kier alpha value is -2.31. The fraction of sp³-hybridized carbons (Fsp3) is 0.619. The van der Waals surface area contributed by atoms with E-state index in [0.717, 1.165) is 31.5 Å². The van der Waals surface area contributed by atoms with Gasteiger partial charge >= 0.3 is 6.09 Å². The Kier molecular flexibility index (Phi) is 8.08. The van der Waals surface area contributed by atoms with Crippen LogP contribution in [0.15, 0.2) is 29.3 Å². The van der Waals surface area contributed by atoms with Gasteiger partial charge in [0.15, 0.2) is 5.96 Å². The largest absolute Gasteiger partial charge is 0.444 e. The first-order chi connectivity index (χ1) is 13.3. The van der Waals surface area contributed by atoms with Gasteiger partial charge in [-0.15, -0.1) is 0 Å². The summed E-state index contributed by atoms with van der Waals surface area (Å²) >= 11 is 0. The van der Waals surface area contributed by atoms with Gasteiger partial charge in [0.05, 0.1) is 0 Å². The minimum atomic E-state index is -0.476. The number of carbonyl (C=O) groups excluding carboxylic acids is 1. The van der Waals surface area contributed by atoms with E-state index in [9.17, 15) is 9.18 Å². The van der Waals surface area contributed by atoms with Crippen LogP contribution in [0.5, 0.6) is 0 Å². The van der Waals surface area contributed by atoms with E-state index in [1.807, 2.05) is 26.8 Å². The van der Waals surface area contributed by atoms with E-state index in [1.165, 1.54) is 6.07 Å². The molecule has 0 radical (unpaired) electrons. The molecule has 156 valence electrons. The Morgan fingerprint density at radius 1 is 1.36 bits per heavy atom. The summed E-state index contributed by atoms with van der Waals surface area (Å²) in [5.41, 5.74) is 0.471. The maximum Gasteiger partial charge on any atom is 0.410 e. The first-order valence-electron chi connectivity index (χ1n) is 9.94. The number of aliphatic imine (C=N–C) groups is 1. The highest BCUT2D eigenvalue weighted by Gasteiger charge is 2.27. The van der Waals surface area contributed by atoms with Gasteiger partial charge < -0.3 is 20.3 Å². The van der Waals surface area contributed by atoms with Crippen LogP contribution in [0.3, 0.4) is 0 Å². The molecule has 7 heteroatoms. The van der Waals surface area contributed by atoms with Crippen molar-refractivity contribution in [2.75, 3.05) is 33.2 Å². The van der Waals surface area contributed by atoms with Crippen molar-refractivity contribution in [1.82, 2.24) is 15.5 Å². The molecule has 1 saturated heterocycles. The Bertz CT molecular complexity index is 673. The number of benzene rings is 1. The van der Waals surface area contributed by atoms with Crippen molar-refractivity contribution in [3.05, 3.63) is 35.6 Å². The molecule has 1 unspecified atom stereocenters. The van der Waals surface area contributed by atoms with Crippen LogP contribution in [0.2, 0.25) is 0 Å². The van der Waals surface area contributed by atoms with Crippen molar-refractivity contribution < 1.29 is 13.9 Å². The summed E-state index contributed by atoms with van der Waals surface area (Å²) in [6.45, 7) is 8.47. The number of nitrogens with zero attached hydrogens (tertiary/aromatic N) is 2. The first-order valence-corrected chi connectivity index (χ1v) is 9.94. The number of likely N-dealkylation sites (tertiary alicyclic amines) is 1. The average Bonchev–Trinajstić information content (AvgIpc) is 2.63. The molecule has 1 aromatic carbocycles. The molecule has 1 aliphatic rings. The predicted molar refractivity (Wildman–Crippen MR) is 110 cm³/mol. The first kappa shape index (κ1) is 22.0. The summed E-state index contributed by atoms with van der Waals surface area (Å²) in [6, 6.07) is 6.62. The van der Waals surface area contributed by atoms with Crippen LogP contribution < -0.4 is 10.6 Å². The number of nitrogens with one attached hydrogen (secondary N) is 2. The standard InChI is InChI=1S/C21H33FN4O2/c1-21(2,3)28-20(27)26-12-6-8-17(15-26)14-25-19(23-4)24-11-10-16-7-5-9-18(22)13-16/h5,7,9,13,17H,6,8,10-12,14-15H2,1-4H3,(H2,23,24,25). The van der Waals surface area contributed by atoms with E-state index in [2.05, 4.69) is 15.6 Å². The molecule has 1 amide bonds.